The van der Waals surface area contributed by atoms with Crippen molar-refractivity contribution in [2.45, 2.75) is 16.6 Å². The zero-order valence-electron chi connectivity index (χ0n) is 9.80. The number of primary amides is 1. The van der Waals surface area contributed by atoms with Crippen molar-refractivity contribution in [2.75, 3.05) is 0 Å². The second kappa shape index (κ2) is 4.50. The molecule has 3 rings (SSSR count). The van der Waals surface area contributed by atoms with Gasteiger partial charge in [0.1, 0.15) is 0 Å². The Bertz CT molecular complexity index is 561. The van der Waals surface area contributed by atoms with Gasteiger partial charge in [-0.05, 0) is 22.8 Å². The second-order valence-electron chi connectivity index (χ2n) is 4.36. The molecule has 0 unspecified atom stereocenters. The van der Waals surface area contributed by atoms with Gasteiger partial charge in [-0.1, -0.05) is 42.5 Å². The van der Waals surface area contributed by atoms with Crippen molar-refractivity contribution in [2.24, 2.45) is 5.73 Å². The topological polar surface area (TPSA) is 43.1 Å². The van der Waals surface area contributed by atoms with E-state index in [4.69, 9.17) is 5.73 Å². The second-order valence-corrected chi connectivity index (χ2v) is 5.38. The van der Waals surface area contributed by atoms with E-state index in [9.17, 15) is 4.79 Å². The quantitative estimate of drug-likeness (QED) is 0.851. The average Bonchev–Trinajstić information content (AvgIpc) is 2.55. The molecule has 18 heavy (non-hydrogen) atoms. The van der Waals surface area contributed by atoms with Crippen molar-refractivity contribution < 1.29 is 4.79 Å². The summed E-state index contributed by atoms with van der Waals surface area (Å²) in [6, 6.07) is 16.1. The van der Waals surface area contributed by atoms with E-state index in [1.54, 1.807) is 11.8 Å². The summed E-state index contributed by atoms with van der Waals surface area (Å²) in [5.74, 6) is 0.279. The van der Waals surface area contributed by atoms with Crippen molar-refractivity contribution in [1.29, 1.82) is 0 Å². The Hall–Kier alpha value is -1.74. The summed E-state index contributed by atoms with van der Waals surface area (Å²) in [4.78, 5) is 13.0. The number of fused-ring (bicyclic) bond motifs is 2. The zero-order valence-corrected chi connectivity index (χ0v) is 10.6. The highest BCUT2D eigenvalue weighted by Crippen LogP contribution is 2.40. The molecule has 2 aromatic rings. The molecule has 1 heterocycles. The standard InChI is InChI=1S/C15H13NOS/c16-15(17)14-11-6-2-1-5-10(11)9-18-13-8-4-3-7-12(13)14/h1-8,14H,9H2,(H2,16,17)/t14-/m0/s1. The Kier molecular flexibility index (Phi) is 2.84. The average molecular weight is 255 g/mol. The summed E-state index contributed by atoms with van der Waals surface area (Å²) in [7, 11) is 0. The van der Waals surface area contributed by atoms with Gasteiger partial charge >= 0.3 is 0 Å². The van der Waals surface area contributed by atoms with Crippen LogP contribution in [0.3, 0.4) is 0 Å². The van der Waals surface area contributed by atoms with Gasteiger partial charge in [0.25, 0.3) is 0 Å². The third-order valence-corrected chi connectivity index (χ3v) is 4.40. The summed E-state index contributed by atoms with van der Waals surface area (Å²) in [5, 5.41) is 0. The first kappa shape index (κ1) is 11.4. The Morgan fingerprint density at radius 1 is 1.06 bits per heavy atom. The van der Waals surface area contributed by atoms with Crippen LogP contribution in [0.2, 0.25) is 0 Å². The van der Waals surface area contributed by atoms with Crippen LogP contribution in [0, 0.1) is 0 Å². The van der Waals surface area contributed by atoms with E-state index in [-0.39, 0.29) is 11.8 Å². The number of benzene rings is 2. The van der Waals surface area contributed by atoms with Crippen molar-refractivity contribution in [1.82, 2.24) is 0 Å². The lowest BCUT2D eigenvalue weighted by molar-refractivity contribution is -0.118. The highest BCUT2D eigenvalue weighted by Gasteiger charge is 2.27. The van der Waals surface area contributed by atoms with E-state index in [2.05, 4.69) is 12.1 Å². The van der Waals surface area contributed by atoms with Crippen LogP contribution >= 0.6 is 11.8 Å². The van der Waals surface area contributed by atoms with E-state index in [1.807, 2.05) is 36.4 Å². The molecule has 0 fully saturated rings. The van der Waals surface area contributed by atoms with E-state index < -0.39 is 0 Å². The minimum absolute atomic E-state index is 0.280. The van der Waals surface area contributed by atoms with Gasteiger partial charge in [-0.3, -0.25) is 4.79 Å². The number of carbonyl (C=O) groups excluding carboxylic acids is 1. The summed E-state index contributed by atoms with van der Waals surface area (Å²) in [5.41, 5.74) is 8.89. The fraction of sp³-hybridized carbons (Fsp3) is 0.133. The molecule has 1 atom stereocenters. The third kappa shape index (κ3) is 1.81. The normalized spacial score (nSPS) is 17.4. The van der Waals surface area contributed by atoms with Gasteiger partial charge < -0.3 is 5.73 Å². The number of hydrogen-bond donors (Lipinski definition) is 1. The van der Waals surface area contributed by atoms with Gasteiger partial charge in [-0.2, -0.15) is 0 Å². The van der Waals surface area contributed by atoms with Crippen LogP contribution in [-0.4, -0.2) is 5.91 Å². The molecule has 0 saturated carbocycles. The predicted octanol–water partition coefficient (Wildman–Crippen LogP) is 2.91. The van der Waals surface area contributed by atoms with Crippen molar-refractivity contribution in [3.63, 3.8) is 0 Å². The molecule has 0 aliphatic carbocycles. The van der Waals surface area contributed by atoms with Gasteiger partial charge in [0.2, 0.25) is 5.91 Å². The van der Waals surface area contributed by atoms with Gasteiger partial charge in [0.15, 0.2) is 0 Å². The molecule has 1 amide bonds. The van der Waals surface area contributed by atoms with Crippen molar-refractivity contribution in [3.8, 4) is 0 Å². The first-order chi connectivity index (χ1) is 8.77. The van der Waals surface area contributed by atoms with Gasteiger partial charge in [-0.25, -0.2) is 0 Å². The Labute approximate surface area is 110 Å². The monoisotopic (exact) mass is 255 g/mol. The Balaban J connectivity index is 2.24. The van der Waals surface area contributed by atoms with E-state index in [0.717, 1.165) is 21.8 Å². The number of thioether (sulfide) groups is 1. The molecule has 1 aliphatic heterocycles. The molecule has 90 valence electrons. The molecule has 0 aromatic heterocycles. The van der Waals surface area contributed by atoms with Crippen LogP contribution in [0.15, 0.2) is 53.4 Å². The highest BCUT2D eigenvalue weighted by atomic mass is 32.2. The van der Waals surface area contributed by atoms with E-state index in [0.29, 0.717) is 0 Å². The summed E-state index contributed by atoms with van der Waals surface area (Å²) < 4.78 is 0. The van der Waals surface area contributed by atoms with Crippen molar-refractivity contribution in [3.05, 3.63) is 65.2 Å². The zero-order chi connectivity index (χ0) is 12.5. The maximum Gasteiger partial charge on any atom is 0.229 e. The lowest BCUT2D eigenvalue weighted by atomic mass is 9.88. The van der Waals surface area contributed by atoms with Crippen LogP contribution in [0.5, 0.6) is 0 Å². The highest BCUT2D eigenvalue weighted by molar-refractivity contribution is 7.98. The SMILES string of the molecule is NC(=O)[C@H]1c2ccccc2CSc2ccccc21. The Morgan fingerprint density at radius 3 is 2.50 bits per heavy atom. The summed E-state index contributed by atoms with van der Waals surface area (Å²) in [6.07, 6.45) is 0. The lowest BCUT2D eigenvalue weighted by Gasteiger charge is -2.16. The lowest BCUT2D eigenvalue weighted by Crippen LogP contribution is -2.23. The molecule has 3 heteroatoms. The Morgan fingerprint density at radius 2 is 1.72 bits per heavy atom. The van der Waals surface area contributed by atoms with Crippen LogP contribution in [0.25, 0.3) is 0 Å². The van der Waals surface area contributed by atoms with Gasteiger partial charge in [0, 0.05) is 10.6 Å². The van der Waals surface area contributed by atoms with Crippen LogP contribution in [0.4, 0.5) is 0 Å². The van der Waals surface area contributed by atoms with Crippen LogP contribution in [0.1, 0.15) is 22.6 Å². The first-order valence-electron chi connectivity index (χ1n) is 5.86. The van der Waals surface area contributed by atoms with Crippen LogP contribution < -0.4 is 5.73 Å². The maximum atomic E-state index is 11.8. The van der Waals surface area contributed by atoms with Gasteiger partial charge in [0.05, 0.1) is 5.92 Å². The fourth-order valence-corrected chi connectivity index (χ4v) is 3.53. The molecular weight excluding hydrogens is 242 g/mol. The number of rotatable bonds is 1. The molecule has 0 saturated heterocycles. The minimum atomic E-state index is -0.326. The molecule has 2 N–H and O–H groups in total. The largest absolute Gasteiger partial charge is 0.369 e. The number of nitrogens with two attached hydrogens (primary N) is 1. The molecule has 0 bridgehead atoms. The third-order valence-electron chi connectivity index (χ3n) is 3.26. The van der Waals surface area contributed by atoms with Gasteiger partial charge in [-0.15, -0.1) is 11.8 Å². The predicted molar refractivity (Wildman–Crippen MR) is 73.5 cm³/mol. The van der Waals surface area contributed by atoms with E-state index in [1.165, 1.54) is 5.56 Å². The molecular formula is C15H13NOS. The fourth-order valence-electron chi connectivity index (χ4n) is 2.43. The molecule has 2 nitrogen and oxygen atoms in total. The molecule has 2 aromatic carbocycles. The molecule has 0 radical (unpaired) electrons. The summed E-state index contributed by atoms with van der Waals surface area (Å²) >= 11 is 1.77. The van der Waals surface area contributed by atoms with E-state index >= 15 is 0 Å². The van der Waals surface area contributed by atoms with Crippen LogP contribution in [-0.2, 0) is 10.5 Å². The molecule has 0 spiro atoms. The smallest absolute Gasteiger partial charge is 0.229 e. The number of hydrogen-bond acceptors (Lipinski definition) is 2. The summed E-state index contributed by atoms with van der Waals surface area (Å²) in [6.45, 7) is 0. The first-order valence-corrected chi connectivity index (χ1v) is 6.85. The minimum Gasteiger partial charge on any atom is -0.369 e. The molecule has 1 aliphatic rings. The maximum absolute atomic E-state index is 11.8. The van der Waals surface area contributed by atoms with Crippen molar-refractivity contribution >= 4 is 17.7 Å². The number of carbonyl (C=O) groups is 1. The number of amides is 1.